The molecule has 3 aromatic carbocycles. The summed E-state index contributed by atoms with van der Waals surface area (Å²) < 4.78 is 37.6. The number of rotatable bonds is 8. The molecule has 3 fully saturated rings. The molecule has 0 amide bonds. The van der Waals surface area contributed by atoms with Gasteiger partial charge in [0, 0.05) is 36.7 Å². The molecular formula is C48H51NO12. The smallest absolute Gasteiger partial charge is 0.350 e. The summed E-state index contributed by atoms with van der Waals surface area (Å²) in [6.07, 6.45) is -6.50. The molecule has 5 aliphatic rings. The van der Waals surface area contributed by atoms with E-state index in [1.54, 1.807) is 58.0 Å². The number of nitrogens with zero attached hydrogens (tertiary/aromatic N) is 1. The van der Waals surface area contributed by atoms with Gasteiger partial charge in [0.15, 0.2) is 17.5 Å². The van der Waals surface area contributed by atoms with Crippen molar-refractivity contribution < 1.29 is 57.5 Å². The monoisotopic (exact) mass is 833 g/mol. The third-order valence-corrected chi connectivity index (χ3v) is 14.1. The van der Waals surface area contributed by atoms with Crippen LogP contribution in [0, 0.1) is 22.7 Å². The molecule has 3 aliphatic carbocycles. The van der Waals surface area contributed by atoms with Crippen LogP contribution in [0.4, 0.5) is 0 Å². The van der Waals surface area contributed by atoms with Gasteiger partial charge in [0.1, 0.15) is 30.0 Å². The molecule has 61 heavy (non-hydrogen) atoms. The Labute approximate surface area is 354 Å². The van der Waals surface area contributed by atoms with Gasteiger partial charge < -0.3 is 33.5 Å². The predicted molar refractivity (Wildman–Crippen MR) is 219 cm³/mol. The Morgan fingerprint density at radius 1 is 0.836 bits per heavy atom. The molecule has 0 spiro atoms. The summed E-state index contributed by atoms with van der Waals surface area (Å²) in [4.78, 5) is 75.7. The average Bonchev–Trinajstić information content (AvgIpc) is 3.69. The molecule has 1 unspecified atom stereocenters. The number of hydrogen-bond donors (Lipinski definition) is 1. The topological polar surface area (TPSA) is 173 Å². The highest BCUT2D eigenvalue weighted by Gasteiger charge is 2.77. The first kappa shape index (κ1) is 42.0. The molecule has 1 N–H and O–H groups in total. The molecule has 13 nitrogen and oxygen atoms in total. The molecule has 2 saturated carbocycles. The molecule has 2 bridgehead atoms. The lowest BCUT2D eigenvalue weighted by atomic mass is 9.43. The Morgan fingerprint density at radius 2 is 1.46 bits per heavy atom. The van der Waals surface area contributed by atoms with Crippen molar-refractivity contribution in [3.8, 4) is 0 Å². The van der Waals surface area contributed by atoms with E-state index < -0.39 is 100 Å². The van der Waals surface area contributed by atoms with E-state index >= 15 is 4.79 Å². The number of Topliss-reactive ketones (excluding diaryl/α,β-unsaturated/α-hetero) is 1. The van der Waals surface area contributed by atoms with E-state index in [0.717, 1.165) is 0 Å². The maximum atomic E-state index is 15.7. The standard InChI is InChI=1S/C48H51NO12/c1-26-23-34-47(25-56-34,61-29(4)51)39-41(60-43(53)32-21-15-10-16-22-32)48(55)24-33(27(2)35(45(48,5)6)37(57-28(3)50)40(52)46(26,39)7)58-44(54)38-36(30-17-11-8-12-18-30)49-42(59-38)31-19-13-9-14-20-31/h8-22,26,33-34,36-39,41,55H,23-25H2,1-7H3/t26-,33?,34+,36-,37+,38+,39-,41-,46+,47-,48+/m0/s1. The fraction of sp³-hybridized carbons (Fsp3) is 0.458. The average molecular weight is 834 g/mol. The van der Waals surface area contributed by atoms with Crippen LogP contribution >= 0.6 is 0 Å². The second-order valence-corrected chi connectivity index (χ2v) is 17.8. The number of ether oxygens (including phenoxy) is 6. The largest absolute Gasteiger partial charge is 0.459 e. The number of aliphatic hydroxyl groups is 1. The number of hydrogen-bond acceptors (Lipinski definition) is 13. The first-order valence-corrected chi connectivity index (χ1v) is 20.7. The van der Waals surface area contributed by atoms with Crippen LogP contribution in [0.2, 0.25) is 0 Å². The minimum atomic E-state index is -2.19. The molecule has 0 radical (unpaired) electrons. The van der Waals surface area contributed by atoms with E-state index in [1.165, 1.54) is 13.8 Å². The maximum Gasteiger partial charge on any atom is 0.350 e. The fourth-order valence-electron chi connectivity index (χ4n) is 10.7. The Kier molecular flexibility index (Phi) is 10.6. The minimum Gasteiger partial charge on any atom is -0.459 e. The van der Waals surface area contributed by atoms with Gasteiger partial charge in [-0.05, 0) is 60.2 Å². The summed E-state index contributed by atoms with van der Waals surface area (Å²) in [6, 6.07) is 25.8. The SMILES string of the molecule is CC(=O)O[C@H]1C(=O)[C@@]2(C)[C@H]([C@H](OC(=O)c3ccccc3)[C@]3(O)CC(OC(=O)[C@@H]4OC(c5ccccc5)=N[C@H]4c4ccccc4)C(C)=C1C3(C)C)[C@]1(OC(C)=O)CO[C@@H]1C[C@@H]2C. The van der Waals surface area contributed by atoms with Crippen LogP contribution in [0.15, 0.2) is 107 Å². The summed E-state index contributed by atoms with van der Waals surface area (Å²) in [5, 5.41) is 13.8. The third kappa shape index (κ3) is 6.67. The Morgan fingerprint density at radius 3 is 2.05 bits per heavy atom. The predicted octanol–water partition coefficient (Wildman–Crippen LogP) is 6.07. The summed E-state index contributed by atoms with van der Waals surface area (Å²) in [6.45, 7) is 10.9. The summed E-state index contributed by atoms with van der Waals surface area (Å²) in [7, 11) is 0. The van der Waals surface area contributed by atoms with E-state index in [0.29, 0.717) is 16.7 Å². The van der Waals surface area contributed by atoms with Crippen molar-refractivity contribution in [1.82, 2.24) is 0 Å². The van der Waals surface area contributed by atoms with E-state index in [9.17, 15) is 24.3 Å². The number of carbonyl (C=O) groups is 5. The lowest BCUT2D eigenvalue weighted by molar-refractivity contribution is -0.340. The molecule has 2 aliphatic heterocycles. The van der Waals surface area contributed by atoms with Gasteiger partial charge in [-0.3, -0.25) is 14.4 Å². The first-order chi connectivity index (χ1) is 28.9. The minimum absolute atomic E-state index is 0.157. The van der Waals surface area contributed by atoms with Crippen LogP contribution in [0.1, 0.15) is 88.8 Å². The van der Waals surface area contributed by atoms with E-state index in [4.69, 9.17) is 33.4 Å². The Hall–Kier alpha value is -5.66. The number of esters is 4. The lowest BCUT2D eigenvalue weighted by Gasteiger charge is -2.68. The molecule has 1 saturated heterocycles. The Bertz CT molecular complexity index is 2310. The molecule has 13 heteroatoms. The molecular weight excluding hydrogens is 783 g/mol. The highest BCUT2D eigenvalue weighted by Crippen LogP contribution is 2.65. The highest BCUT2D eigenvalue weighted by atomic mass is 16.6. The summed E-state index contributed by atoms with van der Waals surface area (Å²) >= 11 is 0. The van der Waals surface area contributed by atoms with Crippen molar-refractivity contribution in [2.75, 3.05) is 6.61 Å². The van der Waals surface area contributed by atoms with Crippen molar-refractivity contribution in [2.24, 2.45) is 27.7 Å². The number of ketones is 1. The quantitative estimate of drug-likeness (QED) is 0.158. The van der Waals surface area contributed by atoms with Gasteiger partial charge in [-0.1, -0.05) is 94.4 Å². The van der Waals surface area contributed by atoms with Crippen molar-refractivity contribution in [3.63, 3.8) is 0 Å². The van der Waals surface area contributed by atoms with Crippen molar-refractivity contribution >= 4 is 35.6 Å². The van der Waals surface area contributed by atoms with Crippen LogP contribution in [0.5, 0.6) is 0 Å². The van der Waals surface area contributed by atoms with Crippen LogP contribution in [-0.2, 0) is 47.6 Å². The molecule has 8 rings (SSSR count). The van der Waals surface area contributed by atoms with Gasteiger partial charge in [0.2, 0.25) is 12.0 Å². The molecule has 2 heterocycles. The van der Waals surface area contributed by atoms with E-state index in [1.807, 2.05) is 67.6 Å². The maximum absolute atomic E-state index is 15.7. The van der Waals surface area contributed by atoms with E-state index in [-0.39, 0.29) is 36.5 Å². The van der Waals surface area contributed by atoms with Gasteiger partial charge in [-0.2, -0.15) is 0 Å². The van der Waals surface area contributed by atoms with Gasteiger partial charge >= 0.3 is 23.9 Å². The molecule has 0 aromatic heterocycles. The van der Waals surface area contributed by atoms with Crippen molar-refractivity contribution in [2.45, 2.75) is 109 Å². The van der Waals surface area contributed by atoms with E-state index in [2.05, 4.69) is 0 Å². The van der Waals surface area contributed by atoms with Crippen LogP contribution in [0.3, 0.4) is 0 Å². The van der Waals surface area contributed by atoms with Gasteiger partial charge in [-0.25, -0.2) is 14.6 Å². The molecule has 3 aromatic rings. The van der Waals surface area contributed by atoms with Crippen LogP contribution in [-0.4, -0.2) is 89.0 Å². The Balaban J connectivity index is 1.29. The zero-order chi connectivity index (χ0) is 43.6. The van der Waals surface area contributed by atoms with Gasteiger partial charge in [0.05, 0.1) is 18.1 Å². The number of fused-ring (bicyclic) bond motifs is 5. The normalized spacial score (nSPS) is 34.8. The third-order valence-electron chi connectivity index (χ3n) is 14.1. The number of aliphatic imine (C=N–C) groups is 1. The van der Waals surface area contributed by atoms with Crippen molar-refractivity contribution in [1.29, 1.82) is 0 Å². The number of carbonyl (C=O) groups excluding carboxylic acids is 5. The van der Waals surface area contributed by atoms with Gasteiger partial charge in [0.25, 0.3) is 0 Å². The second kappa shape index (κ2) is 15.4. The second-order valence-electron chi connectivity index (χ2n) is 17.8. The zero-order valence-corrected chi connectivity index (χ0v) is 35.3. The number of benzene rings is 3. The van der Waals surface area contributed by atoms with Crippen molar-refractivity contribution in [3.05, 3.63) is 119 Å². The summed E-state index contributed by atoms with van der Waals surface area (Å²) in [5.41, 5.74) is -4.70. The zero-order valence-electron chi connectivity index (χ0n) is 35.3. The molecule has 11 atom stereocenters. The first-order valence-electron chi connectivity index (χ1n) is 20.7. The summed E-state index contributed by atoms with van der Waals surface area (Å²) in [5.74, 6) is -5.10. The molecule has 320 valence electrons. The van der Waals surface area contributed by atoms with Crippen LogP contribution in [0.25, 0.3) is 0 Å². The fourth-order valence-corrected chi connectivity index (χ4v) is 10.7. The lowest BCUT2D eigenvalue weighted by Crippen LogP contribution is -2.80. The highest BCUT2D eigenvalue weighted by molar-refractivity contribution is 5.98. The van der Waals surface area contributed by atoms with Crippen LogP contribution < -0.4 is 0 Å². The van der Waals surface area contributed by atoms with Gasteiger partial charge in [-0.15, -0.1) is 0 Å².